The number of nitrogens with zero attached hydrogens (tertiary/aromatic N) is 6. The van der Waals surface area contributed by atoms with Crippen LogP contribution in [0.4, 0.5) is 4.39 Å². The van der Waals surface area contributed by atoms with Crippen LogP contribution in [0.2, 0.25) is 0 Å². The third-order valence-electron chi connectivity index (χ3n) is 7.89. The Morgan fingerprint density at radius 1 is 1.15 bits per heavy atom. The first kappa shape index (κ1) is 26.6. The highest BCUT2D eigenvalue weighted by molar-refractivity contribution is 6.00. The molecule has 1 amide bonds. The largest absolute Gasteiger partial charge is 0.345 e. The van der Waals surface area contributed by atoms with E-state index in [4.69, 9.17) is 4.98 Å². The van der Waals surface area contributed by atoms with E-state index in [1.165, 1.54) is 23.5 Å². The van der Waals surface area contributed by atoms with Crippen molar-refractivity contribution in [2.24, 2.45) is 11.8 Å². The lowest BCUT2D eigenvalue weighted by atomic mass is 9.74. The van der Waals surface area contributed by atoms with Crippen molar-refractivity contribution in [2.75, 3.05) is 14.1 Å². The Kier molecular flexibility index (Phi) is 7.54. The van der Waals surface area contributed by atoms with E-state index in [0.717, 1.165) is 25.7 Å². The highest BCUT2D eigenvalue weighted by Crippen LogP contribution is 2.40. The molecular weight excluding hydrogens is 497 g/mol. The molecule has 4 aromatic rings. The number of pyridine rings is 2. The zero-order chi connectivity index (χ0) is 27.7. The number of nitrogens with one attached hydrogen (secondary N) is 1. The first-order valence-corrected chi connectivity index (χ1v) is 13.5. The van der Waals surface area contributed by atoms with E-state index in [9.17, 15) is 9.59 Å². The van der Waals surface area contributed by atoms with Crippen molar-refractivity contribution in [1.29, 1.82) is 0 Å². The van der Waals surface area contributed by atoms with E-state index in [1.54, 1.807) is 37.1 Å². The topological polar surface area (TPSA) is 110 Å². The van der Waals surface area contributed by atoms with Crippen LogP contribution in [0.1, 0.15) is 78.5 Å². The molecule has 1 aliphatic rings. The van der Waals surface area contributed by atoms with Crippen LogP contribution in [0.3, 0.4) is 0 Å². The number of Topliss-reactive ketones (excluding diaryl/α,β-unsaturated/α-hetero) is 1. The Morgan fingerprint density at radius 2 is 1.92 bits per heavy atom. The number of hydrogen-bond acceptors (Lipinski definition) is 6. The summed E-state index contributed by atoms with van der Waals surface area (Å²) in [4.78, 5) is 44.1. The van der Waals surface area contributed by atoms with Crippen molar-refractivity contribution in [3.8, 4) is 11.3 Å². The number of hydrogen-bond donors (Lipinski definition) is 1. The second-order valence-corrected chi connectivity index (χ2v) is 10.7. The number of H-pyrrole nitrogens is 1. The van der Waals surface area contributed by atoms with Crippen LogP contribution in [0.15, 0.2) is 36.9 Å². The molecule has 0 spiro atoms. The molecule has 1 N–H and O–H groups in total. The molecule has 4 aromatic heterocycles. The van der Waals surface area contributed by atoms with Crippen molar-refractivity contribution >= 4 is 22.7 Å². The third kappa shape index (κ3) is 5.20. The van der Waals surface area contributed by atoms with E-state index in [0.29, 0.717) is 40.6 Å². The molecule has 1 aliphatic carbocycles. The fourth-order valence-corrected chi connectivity index (χ4v) is 5.64. The average molecular weight is 532 g/mol. The zero-order valence-electron chi connectivity index (χ0n) is 22.8. The lowest BCUT2D eigenvalue weighted by molar-refractivity contribution is 0.0827. The maximum Gasteiger partial charge on any atom is 0.254 e. The molecular formula is C29H34FN7O2. The summed E-state index contributed by atoms with van der Waals surface area (Å²) in [6.45, 7) is 4.82. The lowest BCUT2D eigenvalue weighted by Crippen LogP contribution is -2.23. The first-order valence-electron chi connectivity index (χ1n) is 13.5. The molecule has 5 rings (SSSR count). The second kappa shape index (κ2) is 11.0. The van der Waals surface area contributed by atoms with Gasteiger partial charge in [0.05, 0.1) is 17.3 Å². The number of aryl methyl sites for hydroxylation is 1. The molecule has 9 nitrogen and oxygen atoms in total. The number of aromatic amines is 1. The molecule has 0 unspecified atom stereocenters. The molecule has 0 radical (unpaired) electrons. The van der Waals surface area contributed by atoms with Crippen molar-refractivity contribution < 1.29 is 14.0 Å². The monoisotopic (exact) mass is 531 g/mol. The van der Waals surface area contributed by atoms with Crippen LogP contribution in [0.25, 0.3) is 22.3 Å². The van der Waals surface area contributed by atoms with Crippen LogP contribution < -0.4 is 0 Å². The molecule has 0 aromatic carbocycles. The quantitative estimate of drug-likeness (QED) is 0.311. The van der Waals surface area contributed by atoms with Gasteiger partial charge in [-0.15, -0.1) is 0 Å². The van der Waals surface area contributed by atoms with E-state index >= 15 is 4.39 Å². The Hall–Kier alpha value is -3.95. The first-order chi connectivity index (χ1) is 18.8. The fraction of sp³-hybridized carbons (Fsp3) is 0.448. The molecule has 4 heterocycles. The van der Waals surface area contributed by atoms with Crippen LogP contribution in [0.5, 0.6) is 0 Å². The molecule has 0 saturated heterocycles. The zero-order valence-corrected chi connectivity index (χ0v) is 22.8. The van der Waals surface area contributed by atoms with Crippen molar-refractivity contribution in [2.45, 2.75) is 58.4 Å². The van der Waals surface area contributed by atoms with Gasteiger partial charge in [0.1, 0.15) is 22.7 Å². The number of fused-ring (bicyclic) bond motifs is 1. The van der Waals surface area contributed by atoms with E-state index in [2.05, 4.69) is 27.0 Å². The SMILES string of the molecule is CCn1nccc1C(=O)C[C@H](c1nc2c(F)c(-c3cnccc3C(=O)N(C)C)ncc2[nH]1)C1CCC(C)CC1. The Bertz CT molecular complexity index is 1500. The molecule has 1 saturated carbocycles. The molecule has 39 heavy (non-hydrogen) atoms. The lowest BCUT2D eigenvalue weighted by Gasteiger charge is -2.31. The number of halogens is 1. The highest BCUT2D eigenvalue weighted by Gasteiger charge is 2.33. The Morgan fingerprint density at radius 3 is 2.64 bits per heavy atom. The van der Waals surface area contributed by atoms with Gasteiger partial charge >= 0.3 is 0 Å². The Labute approximate surface area is 226 Å². The summed E-state index contributed by atoms with van der Waals surface area (Å²) in [6, 6.07) is 3.31. The maximum atomic E-state index is 16.0. The van der Waals surface area contributed by atoms with Gasteiger partial charge in [0, 0.05) is 57.1 Å². The van der Waals surface area contributed by atoms with Gasteiger partial charge in [-0.2, -0.15) is 5.10 Å². The predicted molar refractivity (Wildman–Crippen MR) is 146 cm³/mol. The minimum Gasteiger partial charge on any atom is -0.345 e. The van der Waals surface area contributed by atoms with Crippen LogP contribution in [-0.4, -0.2) is 60.4 Å². The van der Waals surface area contributed by atoms with Crippen LogP contribution in [-0.2, 0) is 6.54 Å². The minimum absolute atomic E-state index is 0.0000800. The van der Waals surface area contributed by atoms with Gasteiger partial charge in [0.25, 0.3) is 5.91 Å². The number of imidazole rings is 1. The highest BCUT2D eigenvalue weighted by atomic mass is 19.1. The van der Waals surface area contributed by atoms with E-state index in [-0.39, 0.29) is 41.2 Å². The van der Waals surface area contributed by atoms with E-state index < -0.39 is 5.82 Å². The van der Waals surface area contributed by atoms with Gasteiger partial charge in [-0.3, -0.25) is 24.2 Å². The van der Waals surface area contributed by atoms with Crippen LogP contribution in [0, 0.1) is 17.7 Å². The van der Waals surface area contributed by atoms with Gasteiger partial charge < -0.3 is 9.88 Å². The number of carbonyl (C=O) groups excluding carboxylic acids is 2. The van der Waals surface area contributed by atoms with E-state index in [1.807, 2.05) is 6.92 Å². The predicted octanol–water partition coefficient (Wildman–Crippen LogP) is 5.26. The molecule has 10 heteroatoms. The number of carbonyl (C=O) groups is 2. The summed E-state index contributed by atoms with van der Waals surface area (Å²) < 4.78 is 17.7. The average Bonchev–Trinajstić information content (AvgIpc) is 3.60. The summed E-state index contributed by atoms with van der Waals surface area (Å²) in [5.74, 6) is 0.410. The third-order valence-corrected chi connectivity index (χ3v) is 7.89. The van der Waals surface area contributed by atoms with Gasteiger partial charge in [-0.25, -0.2) is 9.37 Å². The van der Waals surface area contributed by atoms with Crippen LogP contribution >= 0.6 is 0 Å². The fourth-order valence-electron chi connectivity index (χ4n) is 5.64. The summed E-state index contributed by atoms with van der Waals surface area (Å²) in [5.41, 5.74) is 1.81. The minimum atomic E-state index is -0.623. The molecule has 1 fully saturated rings. The van der Waals surface area contributed by atoms with Crippen molar-refractivity contribution in [1.82, 2.24) is 34.6 Å². The van der Waals surface area contributed by atoms with Gasteiger partial charge in [0.15, 0.2) is 11.6 Å². The maximum absolute atomic E-state index is 16.0. The van der Waals surface area contributed by atoms with Gasteiger partial charge in [0.2, 0.25) is 0 Å². The number of rotatable bonds is 8. The number of ketones is 1. The number of aromatic nitrogens is 6. The molecule has 1 atom stereocenters. The standard InChI is InChI=1S/C29H34FN7O2/c1-5-37-23(11-13-33-37)24(38)14-20(18-8-6-17(2)7-9-18)28-34-22-16-32-26(25(30)27(22)35-28)21-15-31-12-10-19(21)29(39)36(3)4/h10-13,15-18,20H,5-9,14H2,1-4H3,(H,34,35)/t17?,18?,20-/m0/s1. The summed E-state index contributed by atoms with van der Waals surface area (Å²) in [7, 11) is 3.28. The summed E-state index contributed by atoms with van der Waals surface area (Å²) in [5, 5.41) is 4.26. The van der Waals surface area contributed by atoms with Gasteiger partial charge in [-0.1, -0.05) is 19.8 Å². The molecule has 0 bridgehead atoms. The molecule has 0 aliphatic heterocycles. The Balaban J connectivity index is 1.54. The summed E-state index contributed by atoms with van der Waals surface area (Å²) >= 11 is 0. The second-order valence-electron chi connectivity index (χ2n) is 10.7. The van der Waals surface area contributed by atoms with Crippen molar-refractivity contribution in [3.63, 3.8) is 0 Å². The van der Waals surface area contributed by atoms with Crippen molar-refractivity contribution in [3.05, 3.63) is 59.8 Å². The summed E-state index contributed by atoms with van der Waals surface area (Å²) in [6.07, 6.45) is 10.5. The van der Waals surface area contributed by atoms with Gasteiger partial charge in [-0.05, 0) is 43.7 Å². The number of amides is 1. The normalized spacial score (nSPS) is 18.3. The smallest absolute Gasteiger partial charge is 0.254 e. The molecule has 204 valence electrons.